The highest BCUT2D eigenvalue weighted by atomic mass is 19.1. The zero-order valence-electron chi connectivity index (χ0n) is 9.44. The molecule has 3 atom stereocenters. The van der Waals surface area contributed by atoms with Crippen LogP contribution in [-0.4, -0.2) is 41.6 Å². The Kier molecular flexibility index (Phi) is 4.06. The molecule has 1 aromatic rings. The van der Waals surface area contributed by atoms with Crippen LogP contribution >= 0.6 is 0 Å². The normalized spacial score (nSPS) is 28.5. The number of hydrogen-bond acceptors (Lipinski definition) is 4. The van der Waals surface area contributed by atoms with Crippen LogP contribution < -0.4 is 10.6 Å². The summed E-state index contributed by atoms with van der Waals surface area (Å²) in [6, 6.07) is 6.39. The molecule has 0 saturated carbocycles. The lowest BCUT2D eigenvalue weighted by Gasteiger charge is -2.16. The lowest BCUT2D eigenvalue weighted by atomic mass is 10.1. The quantitative estimate of drug-likeness (QED) is 0.579. The highest BCUT2D eigenvalue weighted by molar-refractivity contribution is 5.16. The molecule has 1 fully saturated rings. The Balaban J connectivity index is 1.79. The van der Waals surface area contributed by atoms with Crippen molar-refractivity contribution < 1.29 is 14.6 Å². The molecule has 1 aromatic carbocycles. The molecule has 2 rings (SSSR count). The first-order valence-corrected chi connectivity index (χ1v) is 5.72. The molecular weight excluding hydrogens is 223 g/mol. The van der Waals surface area contributed by atoms with Crippen molar-refractivity contribution in [3.8, 4) is 0 Å². The van der Waals surface area contributed by atoms with Crippen LogP contribution in [0.2, 0.25) is 0 Å². The first kappa shape index (κ1) is 12.4. The number of nitrogens with one attached hydrogen (secondary N) is 2. The summed E-state index contributed by atoms with van der Waals surface area (Å²) in [5, 5.41) is 25.0. The van der Waals surface area contributed by atoms with Crippen molar-refractivity contribution in [2.24, 2.45) is 0 Å². The van der Waals surface area contributed by atoms with Gasteiger partial charge in [0.1, 0.15) is 5.82 Å². The molecule has 0 unspecified atom stereocenters. The molecule has 0 radical (unpaired) electrons. The first-order chi connectivity index (χ1) is 8.18. The molecule has 17 heavy (non-hydrogen) atoms. The summed E-state index contributed by atoms with van der Waals surface area (Å²) in [5.41, 5.74) is 0.598. The molecule has 1 saturated heterocycles. The predicted molar refractivity (Wildman–Crippen MR) is 61.9 cm³/mol. The highest BCUT2D eigenvalue weighted by Gasteiger charge is 2.32. The van der Waals surface area contributed by atoms with E-state index in [2.05, 4.69) is 10.6 Å². The molecule has 1 aliphatic rings. The Labute approximate surface area is 99.5 Å². The molecule has 94 valence electrons. The van der Waals surface area contributed by atoms with Gasteiger partial charge in [-0.2, -0.15) is 0 Å². The zero-order valence-corrected chi connectivity index (χ0v) is 9.44. The first-order valence-electron chi connectivity index (χ1n) is 5.72. The second-order valence-corrected chi connectivity index (χ2v) is 4.29. The third-order valence-electron chi connectivity index (χ3n) is 3.03. The predicted octanol–water partition coefficient (Wildman–Crippen LogP) is -0.391. The van der Waals surface area contributed by atoms with E-state index in [-0.39, 0.29) is 11.9 Å². The lowest BCUT2D eigenvalue weighted by molar-refractivity contribution is 0.0407. The Bertz CT molecular complexity index is 375. The Morgan fingerprint density at radius 1 is 1.35 bits per heavy atom. The summed E-state index contributed by atoms with van der Waals surface area (Å²) in [4.78, 5) is 0. The summed E-state index contributed by atoms with van der Waals surface area (Å²) in [6.07, 6.45) is -1.47. The molecular formula is C12H17FN2O2. The van der Waals surface area contributed by atoms with Crippen molar-refractivity contribution in [3.63, 3.8) is 0 Å². The van der Waals surface area contributed by atoms with Crippen molar-refractivity contribution in [2.75, 3.05) is 13.1 Å². The van der Waals surface area contributed by atoms with E-state index in [9.17, 15) is 14.6 Å². The average molecular weight is 240 g/mol. The number of benzene rings is 1. The summed E-state index contributed by atoms with van der Waals surface area (Å²) < 4.78 is 13.3. The summed E-state index contributed by atoms with van der Waals surface area (Å²) in [6.45, 7) is 1.30. The van der Waals surface area contributed by atoms with Crippen LogP contribution in [0.3, 0.4) is 0 Å². The van der Waals surface area contributed by atoms with E-state index in [4.69, 9.17) is 0 Å². The number of aliphatic hydroxyl groups excluding tert-OH is 2. The van der Waals surface area contributed by atoms with E-state index in [0.717, 1.165) is 0 Å². The monoisotopic (exact) mass is 240 g/mol. The van der Waals surface area contributed by atoms with Crippen LogP contribution in [0, 0.1) is 5.82 Å². The van der Waals surface area contributed by atoms with Gasteiger partial charge in [-0.1, -0.05) is 18.2 Å². The van der Waals surface area contributed by atoms with Crippen LogP contribution in [0.25, 0.3) is 0 Å². The van der Waals surface area contributed by atoms with Crippen LogP contribution in [0.4, 0.5) is 4.39 Å². The second kappa shape index (κ2) is 5.55. The maximum atomic E-state index is 13.3. The van der Waals surface area contributed by atoms with Crippen molar-refractivity contribution in [1.82, 2.24) is 10.6 Å². The van der Waals surface area contributed by atoms with Gasteiger partial charge in [0, 0.05) is 31.2 Å². The van der Waals surface area contributed by atoms with Gasteiger partial charge in [-0.05, 0) is 6.07 Å². The van der Waals surface area contributed by atoms with E-state index >= 15 is 0 Å². The van der Waals surface area contributed by atoms with Crippen molar-refractivity contribution >= 4 is 0 Å². The molecule has 1 heterocycles. The fourth-order valence-corrected chi connectivity index (χ4v) is 1.98. The van der Waals surface area contributed by atoms with Gasteiger partial charge in [0.05, 0.1) is 12.2 Å². The average Bonchev–Trinajstić information content (AvgIpc) is 2.63. The van der Waals surface area contributed by atoms with Gasteiger partial charge in [0.25, 0.3) is 0 Å². The molecule has 0 aromatic heterocycles. The maximum Gasteiger partial charge on any atom is 0.127 e. The Hall–Kier alpha value is -1.01. The number of β-amino-alcohol motifs (C(OH)–C–C–N with tert-alkyl or cyclic N) is 1. The van der Waals surface area contributed by atoms with Crippen LogP contribution in [0.1, 0.15) is 5.56 Å². The van der Waals surface area contributed by atoms with Gasteiger partial charge in [-0.25, -0.2) is 4.39 Å². The minimum atomic E-state index is -0.761. The van der Waals surface area contributed by atoms with Gasteiger partial charge < -0.3 is 20.8 Å². The minimum absolute atomic E-state index is 0.184. The number of rotatable bonds is 4. The third-order valence-corrected chi connectivity index (χ3v) is 3.03. The van der Waals surface area contributed by atoms with Gasteiger partial charge >= 0.3 is 0 Å². The van der Waals surface area contributed by atoms with E-state index in [0.29, 0.717) is 25.2 Å². The van der Waals surface area contributed by atoms with E-state index < -0.39 is 12.2 Å². The molecule has 0 amide bonds. The highest BCUT2D eigenvalue weighted by Crippen LogP contribution is 2.08. The van der Waals surface area contributed by atoms with Gasteiger partial charge in [0.15, 0.2) is 0 Å². The summed E-state index contributed by atoms with van der Waals surface area (Å²) in [7, 11) is 0. The smallest absolute Gasteiger partial charge is 0.127 e. The fourth-order valence-electron chi connectivity index (χ4n) is 1.98. The standard InChI is InChI=1S/C12H17FN2O2/c13-9-4-2-1-3-8(9)5-14-6-10-12(17)11(16)7-15-10/h1-4,10-12,14-17H,5-7H2/t10-,11+,12-/m1/s1. The lowest BCUT2D eigenvalue weighted by Crippen LogP contribution is -2.41. The number of hydrogen-bond donors (Lipinski definition) is 4. The molecule has 1 aliphatic heterocycles. The second-order valence-electron chi connectivity index (χ2n) is 4.29. The maximum absolute atomic E-state index is 13.3. The molecule has 0 aliphatic carbocycles. The Morgan fingerprint density at radius 3 is 2.76 bits per heavy atom. The van der Waals surface area contributed by atoms with Crippen molar-refractivity contribution in [3.05, 3.63) is 35.6 Å². The molecule has 0 bridgehead atoms. The number of halogens is 1. The Morgan fingerprint density at radius 2 is 2.12 bits per heavy atom. The van der Waals surface area contributed by atoms with Gasteiger partial charge in [-0.15, -0.1) is 0 Å². The third kappa shape index (κ3) is 3.01. The van der Waals surface area contributed by atoms with E-state index in [1.54, 1.807) is 18.2 Å². The fraction of sp³-hybridized carbons (Fsp3) is 0.500. The van der Waals surface area contributed by atoms with Gasteiger partial charge in [0.2, 0.25) is 0 Å². The zero-order chi connectivity index (χ0) is 12.3. The van der Waals surface area contributed by atoms with E-state index in [1.807, 2.05) is 0 Å². The molecule has 4 N–H and O–H groups in total. The van der Waals surface area contributed by atoms with Crippen LogP contribution in [0.5, 0.6) is 0 Å². The minimum Gasteiger partial charge on any atom is -0.389 e. The van der Waals surface area contributed by atoms with Gasteiger partial charge in [-0.3, -0.25) is 0 Å². The summed E-state index contributed by atoms with van der Waals surface area (Å²) in [5.74, 6) is -0.236. The molecule has 4 nitrogen and oxygen atoms in total. The van der Waals surface area contributed by atoms with Crippen molar-refractivity contribution in [1.29, 1.82) is 0 Å². The van der Waals surface area contributed by atoms with Crippen LogP contribution in [-0.2, 0) is 6.54 Å². The summed E-state index contributed by atoms with van der Waals surface area (Å²) >= 11 is 0. The molecule has 5 heteroatoms. The molecule has 0 spiro atoms. The van der Waals surface area contributed by atoms with Crippen LogP contribution in [0.15, 0.2) is 24.3 Å². The SMILES string of the molecule is O[C@H]1[C@@H](O)CN[C@@H]1CNCc1ccccc1F. The topological polar surface area (TPSA) is 64.5 Å². The number of aliphatic hydroxyl groups is 2. The largest absolute Gasteiger partial charge is 0.389 e. The van der Waals surface area contributed by atoms with Crippen molar-refractivity contribution in [2.45, 2.75) is 24.8 Å². The van der Waals surface area contributed by atoms with E-state index in [1.165, 1.54) is 6.07 Å².